The second-order valence-corrected chi connectivity index (χ2v) is 5.55. The van der Waals surface area contributed by atoms with Crippen molar-refractivity contribution in [1.29, 1.82) is 0 Å². The van der Waals surface area contributed by atoms with E-state index in [0.717, 1.165) is 5.56 Å². The molecule has 0 aromatic carbocycles. The Kier molecular flexibility index (Phi) is 3.98. The zero-order valence-corrected chi connectivity index (χ0v) is 13.1. The van der Waals surface area contributed by atoms with Crippen molar-refractivity contribution in [2.75, 3.05) is 0 Å². The van der Waals surface area contributed by atoms with Gasteiger partial charge >= 0.3 is 0 Å². The van der Waals surface area contributed by atoms with Gasteiger partial charge in [-0.25, -0.2) is 0 Å². The third-order valence-electron chi connectivity index (χ3n) is 3.02. The highest BCUT2D eigenvalue weighted by molar-refractivity contribution is 7.98. The number of pyridine rings is 2. The summed E-state index contributed by atoms with van der Waals surface area (Å²) in [5, 5.41) is 12.3. The van der Waals surface area contributed by atoms with E-state index in [2.05, 4.69) is 30.3 Å². The van der Waals surface area contributed by atoms with Crippen molar-refractivity contribution in [2.24, 2.45) is 0 Å². The molecule has 118 valence electrons. The first-order valence-corrected chi connectivity index (χ1v) is 7.98. The molecule has 0 radical (unpaired) electrons. The first kappa shape index (κ1) is 14.5. The minimum Gasteiger partial charge on any atom is -0.410 e. The first-order valence-electron chi connectivity index (χ1n) is 6.99. The number of hydrogen-bond donors (Lipinski definition) is 0. The van der Waals surface area contributed by atoms with Gasteiger partial charge in [-0.1, -0.05) is 23.0 Å². The van der Waals surface area contributed by atoms with E-state index >= 15 is 0 Å². The molecular weight excluding hydrogens is 328 g/mol. The van der Waals surface area contributed by atoms with Crippen molar-refractivity contribution in [3.05, 3.63) is 54.8 Å². The van der Waals surface area contributed by atoms with Crippen molar-refractivity contribution in [3.8, 4) is 23.0 Å². The second-order valence-electron chi connectivity index (χ2n) is 4.62. The van der Waals surface area contributed by atoms with E-state index in [1.54, 1.807) is 24.7 Å². The highest BCUT2D eigenvalue weighted by Gasteiger charge is 2.13. The van der Waals surface area contributed by atoms with Crippen molar-refractivity contribution in [3.63, 3.8) is 0 Å². The van der Waals surface area contributed by atoms with Crippen LogP contribution in [0.1, 0.15) is 5.89 Å². The molecule has 4 rings (SSSR count). The van der Waals surface area contributed by atoms with Gasteiger partial charge in [-0.05, 0) is 24.3 Å². The fourth-order valence-corrected chi connectivity index (χ4v) is 2.52. The van der Waals surface area contributed by atoms with E-state index in [9.17, 15) is 0 Å². The molecule has 0 N–H and O–H groups in total. The molecule has 24 heavy (non-hydrogen) atoms. The molecule has 0 aliphatic rings. The van der Waals surface area contributed by atoms with Crippen LogP contribution in [0.4, 0.5) is 0 Å². The van der Waals surface area contributed by atoms with Gasteiger partial charge in [0.25, 0.3) is 11.1 Å². The van der Waals surface area contributed by atoms with Crippen LogP contribution >= 0.6 is 11.8 Å². The van der Waals surface area contributed by atoms with Crippen LogP contribution in [0.3, 0.4) is 0 Å². The fraction of sp³-hybridized carbons (Fsp3) is 0.0667. The van der Waals surface area contributed by atoms with Crippen LogP contribution < -0.4 is 0 Å². The molecule has 0 unspecified atom stereocenters. The SMILES string of the molecule is c1ccc(-c2nnc(SCc3nc(-c4ccncc4)no3)o2)nc1. The third kappa shape index (κ3) is 3.15. The van der Waals surface area contributed by atoms with Crippen LogP contribution in [0.25, 0.3) is 23.0 Å². The molecule has 0 atom stereocenters. The Morgan fingerprint density at radius 1 is 1.00 bits per heavy atom. The highest BCUT2D eigenvalue weighted by Crippen LogP contribution is 2.25. The molecule has 8 nitrogen and oxygen atoms in total. The Labute approximate surface area is 140 Å². The Morgan fingerprint density at radius 2 is 1.92 bits per heavy atom. The molecule has 0 spiro atoms. The number of nitrogens with zero attached hydrogens (tertiary/aromatic N) is 6. The number of rotatable bonds is 5. The van der Waals surface area contributed by atoms with E-state index in [-0.39, 0.29) is 0 Å². The lowest BCUT2D eigenvalue weighted by atomic mass is 10.3. The summed E-state index contributed by atoms with van der Waals surface area (Å²) in [6.45, 7) is 0. The second kappa shape index (κ2) is 6.59. The predicted molar refractivity (Wildman–Crippen MR) is 84.6 cm³/mol. The molecule has 0 amide bonds. The van der Waals surface area contributed by atoms with E-state index < -0.39 is 0 Å². The van der Waals surface area contributed by atoms with Crippen molar-refractivity contribution < 1.29 is 8.94 Å². The Balaban J connectivity index is 1.43. The van der Waals surface area contributed by atoms with E-state index in [4.69, 9.17) is 8.94 Å². The van der Waals surface area contributed by atoms with E-state index in [0.29, 0.717) is 34.3 Å². The normalized spacial score (nSPS) is 10.8. The van der Waals surface area contributed by atoms with Crippen LogP contribution in [0.2, 0.25) is 0 Å². The minimum atomic E-state index is 0.376. The van der Waals surface area contributed by atoms with E-state index in [1.165, 1.54) is 11.8 Å². The van der Waals surface area contributed by atoms with Crippen LogP contribution in [-0.4, -0.2) is 30.3 Å². The summed E-state index contributed by atoms with van der Waals surface area (Å²) < 4.78 is 10.8. The molecular formula is C15H10N6O2S. The molecule has 0 bridgehead atoms. The summed E-state index contributed by atoms with van der Waals surface area (Å²) in [4.78, 5) is 12.5. The minimum absolute atomic E-state index is 0.376. The molecule has 0 aliphatic heterocycles. The first-order chi connectivity index (χ1) is 11.9. The van der Waals surface area contributed by atoms with Gasteiger partial charge in [0.2, 0.25) is 11.7 Å². The largest absolute Gasteiger partial charge is 0.410 e. The maximum Gasteiger partial charge on any atom is 0.277 e. The molecule has 0 fully saturated rings. The lowest BCUT2D eigenvalue weighted by Crippen LogP contribution is -1.83. The van der Waals surface area contributed by atoms with Gasteiger partial charge in [0.05, 0.1) is 5.75 Å². The maximum absolute atomic E-state index is 5.56. The third-order valence-corrected chi connectivity index (χ3v) is 3.82. The van der Waals surface area contributed by atoms with E-state index in [1.807, 2.05) is 24.3 Å². The van der Waals surface area contributed by atoms with Gasteiger partial charge < -0.3 is 8.94 Å². The summed E-state index contributed by atoms with van der Waals surface area (Å²) in [5.41, 5.74) is 1.48. The van der Waals surface area contributed by atoms with Gasteiger partial charge in [-0.15, -0.1) is 10.2 Å². The molecule has 9 heteroatoms. The van der Waals surface area contributed by atoms with Crippen molar-refractivity contribution >= 4 is 11.8 Å². The molecule has 4 aromatic heterocycles. The van der Waals surface area contributed by atoms with Gasteiger partial charge in [0.1, 0.15) is 5.69 Å². The zero-order chi connectivity index (χ0) is 16.2. The van der Waals surface area contributed by atoms with Gasteiger partial charge in [0.15, 0.2) is 0 Å². The quantitative estimate of drug-likeness (QED) is 0.508. The lowest BCUT2D eigenvalue weighted by Gasteiger charge is -1.92. The van der Waals surface area contributed by atoms with Crippen LogP contribution in [0.5, 0.6) is 0 Å². The summed E-state index contributed by atoms with van der Waals surface area (Å²) in [6, 6.07) is 9.13. The Hall–Kier alpha value is -3.07. The van der Waals surface area contributed by atoms with Gasteiger partial charge in [-0.2, -0.15) is 4.98 Å². The van der Waals surface area contributed by atoms with Gasteiger partial charge in [-0.3, -0.25) is 9.97 Å². The van der Waals surface area contributed by atoms with Gasteiger partial charge in [0, 0.05) is 24.2 Å². The summed E-state index contributed by atoms with van der Waals surface area (Å²) in [7, 11) is 0. The smallest absolute Gasteiger partial charge is 0.277 e. The Morgan fingerprint density at radius 3 is 2.75 bits per heavy atom. The number of aromatic nitrogens is 6. The summed E-state index contributed by atoms with van der Waals surface area (Å²) in [5.74, 6) is 1.81. The number of thioether (sulfide) groups is 1. The zero-order valence-electron chi connectivity index (χ0n) is 12.2. The maximum atomic E-state index is 5.56. The van der Waals surface area contributed by atoms with Crippen LogP contribution in [0.15, 0.2) is 63.1 Å². The lowest BCUT2D eigenvalue weighted by molar-refractivity contribution is 0.391. The topological polar surface area (TPSA) is 104 Å². The molecule has 4 heterocycles. The monoisotopic (exact) mass is 338 g/mol. The average Bonchev–Trinajstić information content (AvgIpc) is 3.31. The molecule has 0 aliphatic carbocycles. The fourth-order valence-electron chi connectivity index (χ4n) is 1.92. The molecule has 0 saturated heterocycles. The van der Waals surface area contributed by atoms with Crippen LogP contribution in [-0.2, 0) is 5.75 Å². The van der Waals surface area contributed by atoms with Crippen molar-refractivity contribution in [1.82, 2.24) is 30.3 Å². The molecule has 0 saturated carbocycles. The highest BCUT2D eigenvalue weighted by atomic mass is 32.2. The van der Waals surface area contributed by atoms with Crippen molar-refractivity contribution in [2.45, 2.75) is 11.0 Å². The Bertz CT molecular complexity index is 848. The van der Waals surface area contributed by atoms with Crippen LogP contribution in [0, 0.1) is 0 Å². The summed E-state index contributed by atoms with van der Waals surface area (Å²) in [6.07, 6.45) is 5.03. The predicted octanol–water partition coefficient (Wildman–Crippen LogP) is 2.87. The average molecular weight is 338 g/mol. The number of hydrogen-bond acceptors (Lipinski definition) is 9. The molecule has 4 aromatic rings. The summed E-state index contributed by atoms with van der Waals surface area (Å²) >= 11 is 1.32. The standard InChI is InChI=1S/C15H10N6O2S/c1-2-6-17-11(3-1)14-19-20-15(22-14)24-9-12-18-13(21-23-12)10-4-7-16-8-5-10/h1-8H,9H2.